The molecule has 1 fully saturated rings. The minimum absolute atomic E-state index is 0.211. The summed E-state index contributed by atoms with van der Waals surface area (Å²) in [5.41, 5.74) is 0.691. The van der Waals surface area contributed by atoms with Crippen LogP contribution in [-0.2, 0) is 9.53 Å². The van der Waals surface area contributed by atoms with E-state index in [9.17, 15) is 13.6 Å². The lowest BCUT2D eigenvalue weighted by atomic mass is 9.98. The zero-order chi connectivity index (χ0) is 19.7. The highest BCUT2D eigenvalue weighted by molar-refractivity contribution is 5.98. The Balaban J connectivity index is 1.75. The molecule has 1 unspecified atom stereocenters. The highest BCUT2D eigenvalue weighted by atomic mass is 19.1. The maximum absolute atomic E-state index is 13.7. The molecule has 0 N–H and O–H groups in total. The average molecular weight is 388 g/mol. The van der Waals surface area contributed by atoms with Gasteiger partial charge in [0.05, 0.1) is 12.5 Å². The van der Waals surface area contributed by atoms with Crippen LogP contribution in [0.4, 0.5) is 14.6 Å². The van der Waals surface area contributed by atoms with Crippen molar-refractivity contribution in [1.29, 1.82) is 0 Å². The van der Waals surface area contributed by atoms with Gasteiger partial charge in [-0.1, -0.05) is 5.16 Å². The second kappa shape index (κ2) is 7.49. The maximum atomic E-state index is 13.7. The number of nitrogens with zero attached hydrogens (tertiary/aromatic N) is 4. The minimum Gasteiger partial charge on any atom is -0.466 e. The number of aromatic nitrogens is 3. The van der Waals surface area contributed by atoms with Gasteiger partial charge in [-0.05, 0) is 31.9 Å². The molecule has 2 aromatic heterocycles. The largest absolute Gasteiger partial charge is 0.466 e. The number of ether oxygens (including phenoxy) is 1. The van der Waals surface area contributed by atoms with E-state index in [2.05, 4.69) is 15.1 Å². The summed E-state index contributed by atoms with van der Waals surface area (Å²) in [6.07, 6.45) is 2.85. The van der Waals surface area contributed by atoms with Gasteiger partial charge in [0.1, 0.15) is 34.9 Å². The smallest absolute Gasteiger partial charge is 0.310 e. The Morgan fingerprint density at radius 1 is 1.29 bits per heavy atom. The van der Waals surface area contributed by atoms with Crippen LogP contribution < -0.4 is 4.90 Å². The number of benzene rings is 1. The van der Waals surface area contributed by atoms with Gasteiger partial charge >= 0.3 is 5.97 Å². The lowest BCUT2D eigenvalue weighted by Crippen LogP contribution is -2.40. The van der Waals surface area contributed by atoms with Gasteiger partial charge in [-0.3, -0.25) is 4.79 Å². The number of anilines is 1. The molecule has 0 spiro atoms. The van der Waals surface area contributed by atoms with E-state index in [0.717, 1.165) is 18.9 Å². The number of halogens is 2. The second-order valence-corrected chi connectivity index (χ2v) is 6.60. The van der Waals surface area contributed by atoms with Crippen molar-refractivity contribution in [2.24, 2.45) is 5.92 Å². The van der Waals surface area contributed by atoms with E-state index in [4.69, 9.17) is 9.26 Å². The molecule has 146 valence electrons. The quantitative estimate of drug-likeness (QED) is 0.634. The molecule has 28 heavy (non-hydrogen) atoms. The summed E-state index contributed by atoms with van der Waals surface area (Å²) >= 11 is 0. The molecule has 0 saturated carbocycles. The maximum Gasteiger partial charge on any atom is 0.310 e. The van der Waals surface area contributed by atoms with Crippen molar-refractivity contribution < 1.29 is 22.8 Å². The number of esters is 1. The van der Waals surface area contributed by atoms with Gasteiger partial charge in [0, 0.05) is 24.7 Å². The molecule has 3 aromatic rings. The van der Waals surface area contributed by atoms with E-state index in [1.807, 2.05) is 4.90 Å². The zero-order valence-corrected chi connectivity index (χ0v) is 15.2. The molecule has 1 aromatic carbocycles. The van der Waals surface area contributed by atoms with E-state index < -0.39 is 11.6 Å². The predicted octanol–water partition coefficient (Wildman–Crippen LogP) is 3.34. The molecule has 7 nitrogen and oxygen atoms in total. The van der Waals surface area contributed by atoms with E-state index in [1.54, 1.807) is 6.92 Å². The highest BCUT2D eigenvalue weighted by Crippen LogP contribution is 2.35. The summed E-state index contributed by atoms with van der Waals surface area (Å²) in [7, 11) is 0. The molecule has 0 aliphatic carbocycles. The lowest BCUT2D eigenvalue weighted by molar-refractivity contribution is -0.148. The molecular weight excluding hydrogens is 370 g/mol. The predicted molar refractivity (Wildman–Crippen MR) is 96.5 cm³/mol. The number of carbonyl (C=O) groups is 1. The molecule has 1 atom stereocenters. The third kappa shape index (κ3) is 3.39. The summed E-state index contributed by atoms with van der Waals surface area (Å²) in [5, 5.41) is 4.41. The molecule has 0 bridgehead atoms. The number of carbonyl (C=O) groups excluding carboxylic acids is 1. The average Bonchev–Trinajstić information content (AvgIpc) is 3.12. The van der Waals surface area contributed by atoms with Crippen molar-refractivity contribution in [3.05, 3.63) is 36.2 Å². The number of hydrogen-bond donors (Lipinski definition) is 0. The van der Waals surface area contributed by atoms with Crippen LogP contribution in [0.5, 0.6) is 0 Å². The summed E-state index contributed by atoms with van der Waals surface area (Å²) in [6, 6.07) is 3.14. The number of piperidine rings is 1. The van der Waals surface area contributed by atoms with E-state index in [-0.39, 0.29) is 28.9 Å². The van der Waals surface area contributed by atoms with Gasteiger partial charge in [-0.2, -0.15) is 4.98 Å². The van der Waals surface area contributed by atoms with Crippen LogP contribution in [0.2, 0.25) is 0 Å². The highest BCUT2D eigenvalue weighted by Gasteiger charge is 2.30. The van der Waals surface area contributed by atoms with Crippen LogP contribution in [0.1, 0.15) is 19.8 Å². The van der Waals surface area contributed by atoms with Gasteiger partial charge in [0.2, 0.25) is 0 Å². The van der Waals surface area contributed by atoms with E-state index >= 15 is 0 Å². The summed E-state index contributed by atoms with van der Waals surface area (Å²) in [6.45, 7) is 3.19. The molecule has 1 saturated heterocycles. The van der Waals surface area contributed by atoms with Crippen LogP contribution in [0, 0.1) is 17.6 Å². The van der Waals surface area contributed by atoms with Crippen LogP contribution >= 0.6 is 0 Å². The van der Waals surface area contributed by atoms with Crippen LogP contribution in [-0.4, -0.2) is 40.8 Å². The van der Waals surface area contributed by atoms with Crippen molar-refractivity contribution in [3.8, 4) is 11.3 Å². The first-order valence-electron chi connectivity index (χ1n) is 9.05. The lowest BCUT2D eigenvalue weighted by Gasteiger charge is -2.32. The number of hydrogen-bond acceptors (Lipinski definition) is 7. The standard InChI is InChI=1S/C19H18F2N4O3/c1-2-27-19(26)11-4-3-5-25(9-11)17-15-16(24-28-18(15)23-10-22-17)12-6-13(20)8-14(21)7-12/h6-8,10-11H,2-5,9H2,1H3. The van der Waals surface area contributed by atoms with E-state index in [0.29, 0.717) is 30.9 Å². The van der Waals surface area contributed by atoms with Crippen molar-refractivity contribution in [1.82, 2.24) is 15.1 Å². The molecule has 1 aliphatic heterocycles. The Bertz CT molecular complexity index is 1000. The van der Waals surface area contributed by atoms with Crippen molar-refractivity contribution in [2.75, 3.05) is 24.6 Å². The Morgan fingerprint density at radius 3 is 2.82 bits per heavy atom. The van der Waals surface area contributed by atoms with Crippen LogP contribution in [0.15, 0.2) is 29.0 Å². The third-order valence-corrected chi connectivity index (χ3v) is 4.73. The van der Waals surface area contributed by atoms with Crippen molar-refractivity contribution in [2.45, 2.75) is 19.8 Å². The Morgan fingerprint density at radius 2 is 2.07 bits per heavy atom. The first kappa shape index (κ1) is 18.3. The Hall–Kier alpha value is -3.10. The molecule has 0 amide bonds. The minimum atomic E-state index is -0.718. The third-order valence-electron chi connectivity index (χ3n) is 4.73. The summed E-state index contributed by atoms with van der Waals surface area (Å²) in [5.74, 6) is -1.43. The van der Waals surface area contributed by atoms with Gasteiger partial charge in [0.15, 0.2) is 0 Å². The normalized spacial score (nSPS) is 17.1. The molecule has 9 heteroatoms. The first-order chi connectivity index (χ1) is 13.6. The monoisotopic (exact) mass is 388 g/mol. The van der Waals surface area contributed by atoms with Crippen molar-refractivity contribution >= 4 is 22.9 Å². The van der Waals surface area contributed by atoms with E-state index in [1.165, 1.54) is 18.5 Å². The van der Waals surface area contributed by atoms with Gasteiger partial charge in [-0.15, -0.1) is 0 Å². The van der Waals surface area contributed by atoms with Gasteiger partial charge < -0.3 is 14.2 Å². The Labute approximate surface area is 159 Å². The molecule has 3 heterocycles. The fourth-order valence-corrected chi connectivity index (χ4v) is 3.52. The van der Waals surface area contributed by atoms with Gasteiger partial charge in [-0.25, -0.2) is 13.8 Å². The van der Waals surface area contributed by atoms with Crippen LogP contribution in [0.3, 0.4) is 0 Å². The molecular formula is C19H18F2N4O3. The topological polar surface area (TPSA) is 81.4 Å². The number of rotatable bonds is 4. The molecule has 0 radical (unpaired) electrons. The first-order valence-corrected chi connectivity index (χ1v) is 9.05. The summed E-state index contributed by atoms with van der Waals surface area (Å²) < 4.78 is 37.8. The second-order valence-electron chi connectivity index (χ2n) is 6.60. The zero-order valence-electron chi connectivity index (χ0n) is 15.2. The Kier molecular flexibility index (Phi) is 4.89. The van der Waals surface area contributed by atoms with Gasteiger partial charge in [0.25, 0.3) is 5.71 Å². The van der Waals surface area contributed by atoms with Crippen molar-refractivity contribution in [3.63, 3.8) is 0 Å². The molecule has 4 rings (SSSR count). The summed E-state index contributed by atoms with van der Waals surface area (Å²) in [4.78, 5) is 22.5. The number of fused-ring (bicyclic) bond motifs is 1. The van der Waals surface area contributed by atoms with Crippen LogP contribution in [0.25, 0.3) is 22.4 Å². The SMILES string of the molecule is CCOC(=O)C1CCCN(c2ncnc3onc(-c4cc(F)cc(F)c4)c23)C1. The fraction of sp³-hybridized carbons (Fsp3) is 0.368. The fourth-order valence-electron chi connectivity index (χ4n) is 3.52. The molecule has 1 aliphatic rings.